The summed E-state index contributed by atoms with van der Waals surface area (Å²) in [6.07, 6.45) is 6.29. The highest BCUT2D eigenvalue weighted by atomic mass is 19.1. The number of nitrogens with zero attached hydrogens (tertiary/aromatic N) is 6. The number of hydrogen-bond acceptors (Lipinski definition) is 9. The molecule has 2 aliphatic rings. The van der Waals surface area contributed by atoms with Crippen LogP contribution in [0.4, 0.5) is 16.3 Å². The summed E-state index contributed by atoms with van der Waals surface area (Å²) in [5, 5.41) is 3.91. The quantitative estimate of drug-likeness (QED) is 0.771. The molecule has 29 heavy (non-hydrogen) atoms. The van der Waals surface area contributed by atoms with E-state index in [0.717, 1.165) is 45.4 Å². The fourth-order valence-corrected chi connectivity index (χ4v) is 3.62. The predicted molar refractivity (Wildman–Crippen MR) is 106 cm³/mol. The molecule has 0 amide bonds. The summed E-state index contributed by atoms with van der Waals surface area (Å²) in [5.74, 6) is 2.27. The lowest BCUT2D eigenvalue weighted by Crippen LogP contribution is -2.36. The average Bonchev–Trinajstić information content (AvgIpc) is 3.37. The maximum Gasteiger partial charge on any atom is 0.266 e. The second kappa shape index (κ2) is 8.10. The SMILES string of the molecule is CC(C)(F)c1nc(N2CCC(COc3cnc(N4CCC(N)C4)nc3)CC2)no1. The predicted octanol–water partition coefficient (Wildman–Crippen LogP) is 1.90. The van der Waals surface area contributed by atoms with E-state index in [-0.39, 0.29) is 11.9 Å². The molecule has 2 N–H and O–H groups in total. The standard InChI is InChI=1S/C19H28FN7O2/c1-19(2,20)16-24-18(25-29-16)26-6-3-13(4-7-26)12-28-15-9-22-17(23-10-15)27-8-5-14(21)11-27/h9-10,13-14H,3-8,11-12,21H2,1-2H3. The Morgan fingerprint density at radius 3 is 2.41 bits per heavy atom. The van der Waals surface area contributed by atoms with Crippen LogP contribution >= 0.6 is 0 Å². The lowest BCUT2D eigenvalue weighted by Gasteiger charge is -2.30. The molecule has 2 fully saturated rings. The Kier molecular flexibility index (Phi) is 5.53. The Balaban J connectivity index is 1.23. The van der Waals surface area contributed by atoms with Crippen LogP contribution in [0.3, 0.4) is 0 Å². The summed E-state index contributed by atoms with van der Waals surface area (Å²) >= 11 is 0. The van der Waals surface area contributed by atoms with Crippen LogP contribution < -0.4 is 20.3 Å². The zero-order valence-corrected chi connectivity index (χ0v) is 16.9. The van der Waals surface area contributed by atoms with Crippen LogP contribution in [0.15, 0.2) is 16.9 Å². The van der Waals surface area contributed by atoms with Crippen molar-refractivity contribution in [3.05, 3.63) is 18.3 Å². The minimum Gasteiger partial charge on any atom is -0.490 e. The lowest BCUT2D eigenvalue weighted by atomic mass is 9.98. The van der Waals surface area contributed by atoms with Crippen molar-refractivity contribution < 1.29 is 13.7 Å². The number of hydrogen-bond donors (Lipinski definition) is 1. The van der Waals surface area contributed by atoms with Gasteiger partial charge in [0.05, 0.1) is 19.0 Å². The van der Waals surface area contributed by atoms with E-state index in [1.54, 1.807) is 12.4 Å². The van der Waals surface area contributed by atoms with Crippen LogP contribution in [-0.4, -0.2) is 58.9 Å². The summed E-state index contributed by atoms with van der Waals surface area (Å²) in [6, 6.07) is 0.197. The van der Waals surface area contributed by atoms with Gasteiger partial charge in [0.15, 0.2) is 11.4 Å². The normalized spacial score (nSPS) is 21.0. The third-order valence-corrected chi connectivity index (χ3v) is 5.43. The molecule has 0 bridgehead atoms. The molecule has 2 aromatic heterocycles. The second-order valence-electron chi connectivity index (χ2n) is 8.33. The molecule has 0 aliphatic carbocycles. The van der Waals surface area contributed by atoms with Gasteiger partial charge in [0, 0.05) is 32.2 Å². The third-order valence-electron chi connectivity index (χ3n) is 5.43. The Hall–Kier alpha value is -2.49. The van der Waals surface area contributed by atoms with Crippen molar-refractivity contribution in [2.45, 2.75) is 44.8 Å². The average molecular weight is 405 g/mol. The first-order valence-electron chi connectivity index (χ1n) is 10.1. The van der Waals surface area contributed by atoms with Gasteiger partial charge in [0.25, 0.3) is 11.8 Å². The van der Waals surface area contributed by atoms with Gasteiger partial charge in [0.2, 0.25) is 5.95 Å². The van der Waals surface area contributed by atoms with E-state index in [9.17, 15) is 4.39 Å². The van der Waals surface area contributed by atoms with Gasteiger partial charge >= 0.3 is 0 Å². The van der Waals surface area contributed by atoms with Crippen molar-refractivity contribution in [1.82, 2.24) is 20.1 Å². The van der Waals surface area contributed by atoms with Gasteiger partial charge in [-0.1, -0.05) is 0 Å². The number of ether oxygens (including phenoxy) is 1. The molecule has 0 saturated carbocycles. The molecule has 2 aliphatic heterocycles. The van der Waals surface area contributed by atoms with Crippen LogP contribution in [0.2, 0.25) is 0 Å². The number of nitrogens with two attached hydrogens (primary N) is 1. The van der Waals surface area contributed by atoms with Crippen molar-refractivity contribution in [1.29, 1.82) is 0 Å². The molecule has 2 aromatic rings. The number of alkyl halides is 1. The van der Waals surface area contributed by atoms with Gasteiger partial charge in [-0.05, 0) is 44.2 Å². The van der Waals surface area contributed by atoms with Crippen molar-refractivity contribution in [3.8, 4) is 5.75 Å². The fourth-order valence-electron chi connectivity index (χ4n) is 3.62. The number of halogens is 1. The van der Waals surface area contributed by atoms with E-state index in [1.165, 1.54) is 13.8 Å². The summed E-state index contributed by atoms with van der Waals surface area (Å²) in [7, 11) is 0. The first-order valence-corrected chi connectivity index (χ1v) is 10.1. The molecule has 4 heterocycles. The number of rotatable bonds is 6. The van der Waals surface area contributed by atoms with E-state index in [4.69, 9.17) is 15.0 Å². The Bertz CT molecular complexity index is 800. The summed E-state index contributed by atoms with van der Waals surface area (Å²) < 4.78 is 24.8. The first kappa shape index (κ1) is 19.8. The summed E-state index contributed by atoms with van der Waals surface area (Å²) in [6.45, 7) is 6.68. The van der Waals surface area contributed by atoms with Crippen molar-refractivity contribution in [3.63, 3.8) is 0 Å². The first-order chi connectivity index (χ1) is 13.9. The van der Waals surface area contributed by atoms with Crippen molar-refractivity contribution in [2.75, 3.05) is 42.6 Å². The molecule has 1 unspecified atom stereocenters. The van der Waals surface area contributed by atoms with Gasteiger partial charge < -0.3 is 24.8 Å². The lowest BCUT2D eigenvalue weighted by molar-refractivity contribution is 0.155. The van der Waals surface area contributed by atoms with Crippen LogP contribution in [-0.2, 0) is 5.67 Å². The summed E-state index contributed by atoms with van der Waals surface area (Å²) in [4.78, 5) is 17.1. The van der Waals surface area contributed by atoms with Crippen LogP contribution in [0, 0.1) is 5.92 Å². The van der Waals surface area contributed by atoms with Gasteiger partial charge in [-0.15, -0.1) is 0 Å². The molecule has 1 atom stereocenters. The zero-order chi connectivity index (χ0) is 20.4. The van der Waals surface area contributed by atoms with Gasteiger partial charge in [0.1, 0.15) is 0 Å². The van der Waals surface area contributed by atoms with Crippen molar-refractivity contribution >= 4 is 11.9 Å². The number of aromatic nitrogens is 4. The minimum absolute atomic E-state index is 0.0114. The maximum absolute atomic E-state index is 13.9. The highest BCUT2D eigenvalue weighted by molar-refractivity contribution is 5.33. The smallest absolute Gasteiger partial charge is 0.266 e. The molecular weight excluding hydrogens is 377 g/mol. The van der Waals surface area contributed by atoms with Gasteiger partial charge in [-0.2, -0.15) is 4.98 Å². The van der Waals surface area contributed by atoms with E-state index in [1.807, 2.05) is 4.90 Å². The fraction of sp³-hybridized carbons (Fsp3) is 0.684. The van der Waals surface area contributed by atoms with Gasteiger partial charge in [-0.25, -0.2) is 14.4 Å². The topological polar surface area (TPSA) is 106 Å². The molecule has 2 saturated heterocycles. The monoisotopic (exact) mass is 405 g/mol. The van der Waals surface area contributed by atoms with E-state index >= 15 is 0 Å². The number of piperidine rings is 1. The summed E-state index contributed by atoms with van der Waals surface area (Å²) in [5.41, 5.74) is 4.31. The molecule has 9 nitrogen and oxygen atoms in total. The molecule has 4 rings (SSSR count). The maximum atomic E-state index is 13.9. The number of anilines is 2. The van der Waals surface area contributed by atoms with Crippen molar-refractivity contribution in [2.24, 2.45) is 11.7 Å². The van der Waals surface area contributed by atoms with E-state index in [0.29, 0.717) is 30.2 Å². The molecule has 10 heteroatoms. The van der Waals surface area contributed by atoms with Crippen LogP contribution in [0.5, 0.6) is 5.75 Å². The highest BCUT2D eigenvalue weighted by Gasteiger charge is 2.29. The highest BCUT2D eigenvalue weighted by Crippen LogP contribution is 2.27. The zero-order valence-electron chi connectivity index (χ0n) is 16.9. The van der Waals surface area contributed by atoms with E-state index < -0.39 is 5.67 Å². The Labute approximate surface area is 169 Å². The minimum atomic E-state index is -1.63. The van der Waals surface area contributed by atoms with Crippen LogP contribution in [0.25, 0.3) is 0 Å². The Morgan fingerprint density at radius 2 is 1.83 bits per heavy atom. The second-order valence-corrected chi connectivity index (χ2v) is 8.33. The molecule has 0 radical (unpaired) electrons. The largest absolute Gasteiger partial charge is 0.490 e. The molecular formula is C19H28FN7O2. The van der Waals surface area contributed by atoms with E-state index in [2.05, 4.69) is 25.0 Å². The Morgan fingerprint density at radius 1 is 1.14 bits per heavy atom. The molecule has 158 valence electrons. The molecule has 0 aromatic carbocycles. The van der Waals surface area contributed by atoms with Crippen LogP contribution in [0.1, 0.15) is 39.0 Å². The molecule has 0 spiro atoms. The van der Waals surface area contributed by atoms with Gasteiger partial charge in [-0.3, -0.25) is 0 Å². The third kappa shape index (κ3) is 4.75.